The van der Waals surface area contributed by atoms with Gasteiger partial charge in [-0.05, 0) is 26.5 Å². The third kappa shape index (κ3) is 2.82. The van der Waals surface area contributed by atoms with Gasteiger partial charge in [-0.25, -0.2) is 18.7 Å². The molecule has 1 heterocycles. The highest BCUT2D eigenvalue weighted by atomic mass is 32.3. The zero-order valence-corrected chi connectivity index (χ0v) is 15.2. The highest BCUT2D eigenvalue weighted by Crippen LogP contribution is 2.34. The molecule has 0 bridgehead atoms. The van der Waals surface area contributed by atoms with Crippen molar-refractivity contribution in [2.75, 3.05) is 14.2 Å². The molecule has 23 heavy (non-hydrogen) atoms. The fourth-order valence-corrected chi connectivity index (χ4v) is 5.36. The van der Waals surface area contributed by atoms with Crippen molar-refractivity contribution in [1.82, 2.24) is 10.0 Å². The predicted octanol–water partition coefficient (Wildman–Crippen LogP) is 1.97. The van der Waals surface area contributed by atoms with Crippen molar-refractivity contribution in [2.45, 2.75) is 25.1 Å². The van der Waals surface area contributed by atoms with Crippen LogP contribution in [0.5, 0.6) is 0 Å². The Morgan fingerprint density at radius 2 is 2.00 bits per heavy atom. The van der Waals surface area contributed by atoms with Gasteiger partial charge in [0, 0.05) is 0 Å². The summed E-state index contributed by atoms with van der Waals surface area (Å²) in [6.45, 7) is 3.59. The van der Waals surface area contributed by atoms with Crippen molar-refractivity contribution in [2.24, 2.45) is 4.99 Å². The Morgan fingerprint density at radius 1 is 1.39 bits per heavy atom. The molecule has 0 atom stereocenters. The van der Waals surface area contributed by atoms with E-state index < -0.39 is 20.1 Å². The topological polar surface area (TPSA) is 79.8 Å². The Bertz CT molecular complexity index is 744. The summed E-state index contributed by atoms with van der Waals surface area (Å²) in [6.07, 6.45) is 0. The molecule has 0 aromatic heterocycles. The van der Waals surface area contributed by atoms with E-state index >= 15 is 0 Å². The number of methoxy groups -OCH3 is 1. The molecule has 2 N–H and O–H groups in total. The number of benzene rings is 1. The Morgan fingerprint density at radius 3 is 2.43 bits per heavy atom. The molecular weight excluding hydrogens is 334 g/mol. The largest absolute Gasteiger partial charge is 0.459 e. The second kappa shape index (κ2) is 5.77. The average Bonchev–Trinajstić information content (AvgIpc) is 2.82. The molecule has 126 valence electrons. The van der Waals surface area contributed by atoms with E-state index in [1.54, 1.807) is 26.0 Å². The lowest BCUT2D eigenvalue weighted by Crippen LogP contribution is -2.62. The highest BCUT2D eigenvalue weighted by Gasteiger charge is 2.54. The minimum Gasteiger partial charge on any atom is -0.459 e. The molecule has 2 rings (SSSR count). The van der Waals surface area contributed by atoms with Gasteiger partial charge in [0.2, 0.25) is 0 Å². The van der Waals surface area contributed by atoms with Gasteiger partial charge in [0.15, 0.2) is 5.17 Å². The first-order valence-electron chi connectivity index (χ1n) is 7.05. The van der Waals surface area contributed by atoms with Crippen LogP contribution in [0.3, 0.4) is 0 Å². The van der Waals surface area contributed by atoms with Gasteiger partial charge in [0.1, 0.15) is 10.5 Å². The lowest BCUT2D eigenvalue weighted by molar-refractivity contribution is 0.197. The normalized spacial score (nSPS) is 18.5. The van der Waals surface area contributed by atoms with Gasteiger partial charge < -0.3 is 10.1 Å². The maximum absolute atomic E-state index is 14.1. The third-order valence-corrected chi connectivity index (χ3v) is 8.03. The quantitative estimate of drug-likeness (QED) is 0.640. The van der Waals surface area contributed by atoms with Crippen LogP contribution >= 0.6 is 12.2 Å². The number of carbonyl (C=O) groups is 1. The fourth-order valence-electron chi connectivity index (χ4n) is 2.31. The summed E-state index contributed by atoms with van der Waals surface area (Å²) < 4.78 is 21.6. The van der Waals surface area contributed by atoms with Crippen LogP contribution in [-0.4, -0.2) is 39.4 Å². The van der Waals surface area contributed by atoms with Gasteiger partial charge >= 0.3 is 5.30 Å². The molecule has 0 saturated carbocycles. The maximum Gasteiger partial charge on any atom is 0.395 e. The Balaban J connectivity index is 2.64. The van der Waals surface area contributed by atoms with Crippen molar-refractivity contribution < 1.29 is 13.7 Å². The number of hydrogen-bond donors (Lipinski definition) is 2. The third-order valence-electron chi connectivity index (χ3n) is 3.80. The molecule has 0 aliphatic carbocycles. The van der Waals surface area contributed by atoms with Crippen molar-refractivity contribution in [3.8, 4) is 0 Å². The lowest BCUT2D eigenvalue weighted by Gasteiger charge is -2.38. The molecule has 8 heteroatoms. The minimum atomic E-state index is -4.31. The van der Waals surface area contributed by atoms with Gasteiger partial charge in [-0.3, -0.25) is 0 Å². The van der Waals surface area contributed by atoms with Crippen LogP contribution in [0.25, 0.3) is 0 Å². The molecule has 0 saturated heterocycles. The van der Waals surface area contributed by atoms with Crippen LogP contribution in [0.15, 0.2) is 35.3 Å². The summed E-state index contributed by atoms with van der Waals surface area (Å²) in [4.78, 5) is 17.4. The molecule has 1 aromatic rings. The summed E-state index contributed by atoms with van der Waals surface area (Å²) in [5.41, 5.74) is -0.00172. The van der Waals surface area contributed by atoms with Gasteiger partial charge in [-0.1, -0.05) is 42.5 Å². The smallest absolute Gasteiger partial charge is 0.395 e. The summed E-state index contributed by atoms with van der Waals surface area (Å²) in [7, 11) is -1.64. The van der Waals surface area contributed by atoms with Gasteiger partial charge in [-0.15, -0.1) is 0 Å². The monoisotopic (exact) mass is 355 g/mol. The first-order valence-corrected chi connectivity index (χ1v) is 9.59. The van der Waals surface area contributed by atoms with E-state index in [4.69, 9.17) is 17.0 Å². The van der Waals surface area contributed by atoms with E-state index in [0.29, 0.717) is 4.99 Å². The Hall–Kier alpha value is -1.64. The minimum absolute atomic E-state index is 0.0372. The van der Waals surface area contributed by atoms with Crippen LogP contribution in [0.4, 0.5) is 4.79 Å². The van der Waals surface area contributed by atoms with E-state index in [-0.39, 0.29) is 10.9 Å². The summed E-state index contributed by atoms with van der Waals surface area (Å²) in [5, 5.41) is 2.04. The average molecular weight is 355 g/mol. The fraction of sp³-hybridized carbons (Fsp3) is 0.400. The zero-order valence-electron chi connectivity index (χ0n) is 13.6. The van der Waals surface area contributed by atoms with Gasteiger partial charge in [0.25, 0.3) is 0 Å². The molecule has 1 aliphatic rings. The van der Waals surface area contributed by atoms with Crippen LogP contribution in [0, 0.1) is 0 Å². The highest BCUT2D eigenvalue weighted by molar-refractivity contribution is 8.40. The zero-order chi connectivity index (χ0) is 17.3. The molecule has 0 radical (unpaired) electrons. The van der Waals surface area contributed by atoms with E-state index in [1.165, 1.54) is 14.2 Å². The molecule has 0 amide bonds. The first-order chi connectivity index (χ1) is 10.7. The second-order valence-electron chi connectivity index (χ2n) is 5.83. The molecule has 6 nitrogen and oxygen atoms in total. The van der Waals surface area contributed by atoms with Crippen LogP contribution in [-0.2, 0) is 19.7 Å². The molecule has 1 aromatic carbocycles. The number of ether oxygens (including phenoxy) is 1. The first kappa shape index (κ1) is 17.7. The van der Waals surface area contributed by atoms with E-state index in [0.717, 1.165) is 5.56 Å². The van der Waals surface area contributed by atoms with Crippen molar-refractivity contribution in [3.05, 3.63) is 35.9 Å². The number of rotatable bonds is 3. The molecule has 0 fully saturated rings. The van der Waals surface area contributed by atoms with Crippen LogP contribution in [0.2, 0.25) is 0 Å². The molecular formula is C15H21N3O3S2. The van der Waals surface area contributed by atoms with E-state index in [1.807, 2.05) is 18.2 Å². The lowest BCUT2D eigenvalue weighted by atomic mass is 10.1. The summed E-state index contributed by atoms with van der Waals surface area (Å²) >= 11 is 5.26. The number of aliphatic imine (C=N–C) groups is 1. The second-order valence-corrected chi connectivity index (χ2v) is 9.86. The van der Waals surface area contributed by atoms with Crippen molar-refractivity contribution in [1.29, 1.82) is 0 Å². The van der Waals surface area contributed by atoms with Crippen molar-refractivity contribution >= 4 is 36.9 Å². The molecule has 0 unspecified atom stereocenters. The van der Waals surface area contributed by atoms with Crippen LogP contribution in [0.1, 0.15) is 19.4 Å². The Labute approximate surface area is 141 Å². The number of hydrogen-bond acceptors (Lipinski definition) is 5. The van der Waals surface area contributed by atoms with Gasteiger partial charge in [-0.2, -0.15) is 0 Å². The summed E-state index contributed by atoms with van der Waals surface area (Å²) in [5.74, 6) is -0.0637. The number of amidine groups is 1. The number of nitrogens with one attached hydrogen (secondary N) is 2. The predicted molar refractivity (Wildman–Crippen MR) is 97.0 cm³/mol. The number of thiocarbonyl (C=S) groups is 1. The van der Waals surface area contributed by atoms with E-state index in [9.17, 15) is 9.00 Å². The SMILES string of the molecule is CNS(=O)(Cc1ccccc1)(C(=O)OC)C1=NC(C)(C)C(=S)N1. The molecule has 1 aliphatic heterocycles. The van der Waals surface area contributed by atoms with Crippen molar-refractivity contribution in [3.63, 3.8) is 0 Å². The summed E-state index contributed by atoms with van der Waals surface area (Å²) in [6, 6.07) is 9.08. The standard InChI is InChI=1S/C15H21N3O3S2/c1-15(2)12(22)17-13(18-15)23(20,16-3,14(19)21-4)10-11-8-6-5-7-9-11/h5-9H,10H2,1-4H3,(H,16,20)(H,17,18,22). The number of nitrogens with zero attached hydrogens (tertiary/aromatic N) is 1. The Kier molecular flexibility index (Phi) is 4.44. The van der Waals surface area contributed by atoms with Gasteiger partial charge in [0.05, 0.1) is 22.1 Å². The number of carbonyl (C=O) groups excluding carboxylic acids is 1. The molecule has 0 spiro atoms. The van der Waals surface area contributed by atoms with E-state index in [2.05, 4.69) is 15.0 Å². The maximum atomic E-state index is 14.1. The van der Waals surface area contributed by atoms with Crippen LogP contribution < -0.4 is 10.0 Å².